The molecule has 4 rings (SSSR count). The van der Waals surface area contributed by atoms with Gasteiger partial charge in [0, 0.05) is 18.5 Å². The predicted octanol–water partition coefficient (Wildman–Crippen LogP) is 8.30. The molecule has 2 heteroatoms. The molecule has 0 aliphatic heterocycles. The minimum Gasteiger partial charge on any atom is -0.313 e. The monoisotopic (exact) mass is 449 g/mol. The summed E-state index contributed by atoms with van der Waals surface area (Å²) in [5, 5.41) is 3.75. The zero-order valence-corrected chi connectivity index (χ0v) is 22.2. The van der Waals surface area contributed by atoms with Gasteiger partial charge < -0.3 is 5.32 Å². The average molecular weight is 450 g/mol. The van der Waals surface area contributed by atoms with E-state index in [-0.39, 0.29) is 0 Å². The Morgan fingerprint density at radius 1 is 0.871 bits per heavy atom. The lowest BCUT2D eigenvalue weighted by atomic mass is 9.44. The Kier molecular flexibility index (Phi) is 7.75. The Morgan fingerprint density at radius 3 is 2.35 bits per heavy atom. The molecule has 180 valence electrons. The maximum absolute atomic E-state index is 5.95. The van der Waals surface area contributed by atoms with E-state index in [1.807, 2.05) is 0 Å². The molecule has 1 nitrogen and oxygen atoms in total. The Labute approximate surface area is 199 Å². The largest absolute Gasteiger partial charge is 0.313 e. The van der Waals surface area contributed by atoms with Crippen LogP contribution in [0.2, 0.25) is 0 Å². The minimum absolute atomic E-state index is 0.615. The average Bonchev–Trinajstić information content (AvgIpc) is 3.09. The number of nitrogens with one attached hydrogen (secondary N) is 1. The van der Waals surface area contributed by atoms with Gasteiger partial charge in [-0.25, -0.2) is 0 Å². The van der Waals surface area contributed by atoms with Crippen molar-refractivity contribution in [3.8, 4) is 0 Å². The third-order valence-corrected chi connectivity index (χ3v) is 11.6. The van der Waals surface area contributed by atoms with Crippen molar-refractivity contribution in [3.63, 3.8) is 0 Å². The quantitative estimate of drug-likeness (QED) is 0.367. The molecular formula is C29H52ClN. The lowest BCUT2D eigenvalue weighted by Gasteiger charge is -2.61. The molecule has 4 aliphatic carbocycles. The van der Waals surface area contributed by atoms with Crippen LogP contribution in [-0.4, -0.2) is 18.5 Å². The maximum atomic E-state index is 5.95. The molecule has 4 fully saturated rings. The maximum Gasteiger partial charge on any atom is 0.0348 e. The first-order valence-electron chi connectivity index (χ1n) is 14.1. The molecule has 31 heavy (non-hydrogen) atoms. The highest BCUT2D eigenvalue weighted by atomic mass is 35.5. The number of hydrogen-bond acceptors (Lipinski definition) is 1. The van der Waals surface area contributed by atoms with Crippen molar-refractivity contribution in [2.24, 2.45) is 52.3 Å². The van der Waals surface area contributed by atoms with Crippen LogP contribution in [0.1, 0.15) is 112 Å². The van der Waals surface area contributed by atoms with Gasteiger partial charge in [0.05, 0.1) is 0 Å². The molecule has 0 saturated heterocycles. The van der Waals surface area contributed by atoms with Crippen LogP contribution in [0, 0.1) is 52.3 Å². The predicted molar refractivity (Wildman–Crippen MR) is 136 cm³/mol. The number of hydrogen-bond donors (Lipinski definition) is 1. The van der Waals surface area contributed by atoms with E-state index in [0.29, 0.717) is 10.8 Å². The van der Waals surface area contributed by atoms with Crippen LogP contribution in [0.25, 0.3) is 0 Å². The topological polar surface area (TPSA) is 12.0 Å². The smallest absolute Gasteiger partial charge is 0.0348 e. The van der Waals surface area contributed by atoms with E-state index in [1.54, 1.807) is 0 Å². The Bertz CT molecular complexity index is 589. The first-order chi connectivity index (χ1) is 14.8. The van der Waals surface area contributed by atoms with Gasteiger partial charge in [-0.05, 0) is 110 Å². The van der Waals surface area contributed by atoms with Gasteiger partial charge in [0.25, 0.3) is 0 Å². The lowest BCUT2D eigenvalue weighted by molar-refractivity contribution is -0.117. The van der Waals surface area contributed by atoms with Crippen molar-refractivity contribution in [1.29, 1.82) is 0 Å². The minimum atomic E-state index is 0.615. The summed E-state index contributed by atoms with van der Waals surface area (Å²) in [5.41, 5.74) is 1.26. The van der Waals surface area contributed by atoms with Crippen LogP contribution >= 0.6 is 11.6 Å². The fourth-order valence-corrected chi connectivity index (χ4v) is 9.84. The van der Waals surface area contributed by atoms with Gasteiger partial charge in [0.15, 0.2) is 0 Å². The fourth-order valence-electron chi connectivity index (χ4n) is 9.73. The van der Waals surface area contributed by atoms with Crippen LogP contribution in [0.3, 0.4) is 0 Å². The van der Waals surface area contributed by atoms with Gasteiger partial charge in [-0.1, -0.05) is 53.9 Å². The van der Waals surface area contributed by atoms with Crippen molar-refractivity contribution >= 4 is 11.6 Å². The van der Waals surface area contributed by atoms with E-state index >= 15 is 0 Å². The summed E-state index contributed by atoms with van der Waals surface area (Å²) in [6.07, 6.45) is 17.7. The van der Waals surface area contributed by atoms with Crippen molar-refractivity contribution in [3.05, 3.63) is 0 Å². The summed E-state index contributed by atoms with van der Waals surface area (Å²) in [6.45, 7) is 13.8. The zero-order valence-electron chi connectivity index (χ0n) is 21.4. The van der Waals surface area contributed by atoms with Crippen LogP contribution in [0.5, 0.6) is 0 Å². The molecule has 9 atom stereocenters. The summed E-state index contributed by atoms with van der Waals surface area (Å²) in [6, 6.07) is 0.727. The number of fused-ring (bicyclic) bond motifs is 5. The van der Waals surface area contributed by atoms with Gasteiger partial charge in [-0.2, -0.15) is 0 Å². The summed E-state index contributed by atoms with van der Waals surface area (Å²) in [7, 11) is 0. The van der Waals surface area contributed by atoms with E-state index in [1.165, 1.54) is 77.0 Å². The van der Waals surface area contributed by atoms with Crippen molar-refractivity contribution in [2.75, 3.05) is 12.4 Å². The fraction of sp³-hybridized carbons (Fsp3) is 1.00. The normalized spacial score (nSPS) is 45.8. The highest BCUT2D eigenvalue weighted by Gasteiger charge is 2.60. The van der Waals surface area contributed by atoms with E-state index in [9.17, 15) is 0 Å². The SMILES string of the molecule is CC(C)CCC[C@H](C)[C@H]1CC[C@H]2[C@@H]3CC[C@H]4C[C@@H](NCCCl)CC[C@]4(C)[C@H]3CC[C@]12C. The highest BCUT2D eigenvalue weighted by Crippen LogP contribution is 2.68. The van der Waals surface area contributed by atoms with Crippen LogP contribution in [-0.2, 0) is 0 Å². The molecule has 0 aromatic rings. The Balaban J connectivity index is 1.41. The van der Waals surface area contributed by atoms with Gasteiger partial charge in [0.2, 0.25) is 0 Å². The Hall–Kier alpha value is 0.250. The molecule has 0 aromatic heterocycles. The summed E-state index contributed by atoms with van der Waals surface area (Å²) < 4.78 is 0. The van der Waals surface area contributed by atoms with Crippen molar-refractivity contribution in [2.45, 2.75) is 118 Å². The van der Waals surface area contributed by atoms with Gasteiger partial charge in [-0.15, -0.1) is 11.6 Å². The van der Waals surface area contributed by atoms with E-state index in [4.69, 9.17) is 11.6 Å². The number of rotatable bonds is 8. The van der Waals surface area contributed by atoms with Crippen LogP contribution < -0.4 is 5.32 Å². The molecule has 0 radical (unpaired) electrons. The van der Waals surface area contributed by atoms with Crippen molar-refractivity contribution < 1.29 is 0 Å². The van der Waals surface area contributed by atoms with Crippen molar-refractivity contribution in [1.82, 2.24) is 5.32 Å². The molecule has 0 bridgehead atoms. The number of halogens is 1. The van der Waals surface area contributed by atoms with Gasteiger partial charge in [-0.3, -0.25) is 0 Å². The summed E-state index contributed by atoms with van der Waals surface area (Å²) in [5.74, 6) is 7.55. The zero-order chi connectivity index (χ0) is 22.2. The van der Waals surface area contributed by atoms with Gasteiger partial charge >= 0.3 is 0 Å². The first-order valence-corrected chi connectivity index (χ1v) is 14.6. The van der Waals surface area contributed by atoms with E-state index < -0.39 is 0 Å². The molecule has 0 spiro atoms. The molecule has 0 unspecified atom stereocenters. The lowest BCUT2D eigenvalue weighted by Crippen LogP contribution is -2.55. The molecule has 0 aromatic carbocycles. The second-order valence-corrected chi connectivity index (χ2v) is 13.7. The first kappa shape index (κ1) is 24.4. The molecule has 0 heterocycles. The molecule has 4 saturated carbocycles. The standard InChI is InChI=1S/C29H52ClN/c1-20(2)7-6-8-21(3)25-11-12-26-24-10-9-22-19-23(31-18-17-30)13-15-28(22,4)27(24)14-16-29(25,26)5/h20-27,31H,6-19H2,1-5H3/t21-,22-,23-,24-,25+,26-,27-,28-,29+/m0/s1. The number of alkyl halides is 1. The van der Waals surface area contributed by atoms with E-state index in [2.05, 4.69) is 39.9 Å². The molecule has 1 N–H and O–H groups in total. The second-order valence-electron chi connectivity index (χ2n) is 13.3. The Morgan fingerprint density at radius 2 is 1.61 bits per heavy atom. The third-order valence-electron chi connectivity index (χ3n) is 11.4. The van der Waals surface area contributed by atoms with Crippen LogP contribution in [0.4, 0.5) is 0 Å². The summed E-state index contributed by atoms with van der Waals surface area (Å²) in [4.78, 5) is 0. The molecule has 4 aliphatic rings. The van der Waals surface area contributed by atoms with Crippen LogP contribution in [0.15, 0.2) is 0 Å². The molecule has 0 amide bonds. The molecular weight excluding hydrogens is 398 g/mol. The van der Waals surface area contributed by atoms with E-state index in [0.717, 1.165) is 59.9 Å². The van der Waals surface area contributed by atoms with Gasteiger partial charge in [0.1, 0.15) is 0 Å². The third kappa shape index (κ3) is 4.62. The summed E-state index contributed by atoms with van der Waals surface area (Å²) >= 11 is 5.95. The second kappa shape index (κ2) is 9.85. The highest BCUT2D eigenvalue weighted by molar-refractivity contribution is 6.18.